The summed E-state index contributed by atoms with van der Waals surface area (Å²) >= 11 is 0. The van der Waals surface area contributed by atoms with Gasteiger partial charge in [0, 0.05) is 0 Å². The second kappa shape index (κ2) is 6.78. The highest BCUT2D eigenvalue weighted by atomic mass is 16.5. The SMILES string of the molecule is CCC(C)(C)C(C)(CC(C)C)C(=O)OCCC#N. The second-order valence-electron chi connectivity index (χ2n) is 6.21. The number of esters is 1. The van der Waals surface area contributed by atoms with Crippen molar-refractivity contribution in [2.24, 2.45) is 16.7 Å². The number of hydrogen-bond donors (Lipinski definition) is 0. The molecule has 18 heavy (non-hydrogen) atoms. The lowest BCUT2D eigenvalue weighted by molar-refractivity contribution is -0.164. The fourth-order valence-corrected chi connectivity index (χ4v) is 2.19. The van der Waals surface area contributed by atoms with E-state index in [1.807, 2.05) is 13.0 Å². The first-order chi connectivity index (χ1) is 8.21. The minimum Gasteiger partial charge on any atom is -0.464 e. The van der Waals surface area contributed by atoms with E-state index in [0.717, 1.165) is 12.8 Å². The average Bonchev–Trinajstić information content (AvgIpc) is 2.27. The summed E-state index contributed by atoms with van der Waals surface area (Å²) in [4.78, 5) is 12.3. The zero-order valence-electron chi connectivity index (χ0n) is 12.7. The van der Waals surface area contributed by atoms with Crippen LogP contribution in [0.5, 0.6) is 0 Å². The lowest BCUT2D eigenvalue weighted by atomic mass is 9.62. The van der Waals surface area contributed by atoms with Crippen molar-refractivity contribution in [3.8, 4) is 6.07 Å². The van der Waals surface area contributed by atoms with Crippen LogP contribution in [0.3, 0.4) is 0 Å². The van der Waals surface area contributed by atoms with E-state index in [1.54, 1.807) is 0 Å². The Morgan fingerprint density at radius 2 is 1.89 bits per heavy atom. The normalized spacial score (nSPS) is 15.0. The third-order valence-corrected chi connectivity index (χ3v) is 4.09. The van der Waals surface area contributed by atoms with Gasteiger partial charge in [0.15, 0.2) is 0 Å². The number of carbonyl (C=O) groups excluding carboxylic acids is 1. The number of carbonyl (C=O) groups is 1. The van der Waals surface area contributed by atoms with Gasteiger partial charge < -0.3 is 4.74 Å². The molecule has 1 unspecified atom stereocenters. The number of nitriles is 1. The van der Waals surface area contributed by atoms with Crippen LogP contribution in [0.15, 0.2) is 0 Å². The topological polar surface area (TPSA) is 50.1 Å². The van der Waals surface area contributed by atoms with Crippen LogP contribution in [0.2, 0.25) is 0 Å². The standard InChI is InChI=1S/C15H27NO2/c1-7-14(4,5)15(6,11-12(2)3)13(17)18-10-8-9-16/h12H,7-8,10-11H2,1-6H3. The third-order valence-electron chi connectivity index (χ3n) is 4.09. The summed E-state index contributed by atoms with van der Waals surface area (Å²) in [6.07, 6.45) is 1.98. The van der Waals surface area contributed by atoms with Gasteiger partial charge in [0.1, 0.15) is 6.61 Å². The van der Waals surface area contributed by atoms with Gasteiger partial charge in [-0.15, -0.1) is 0 Å². The first-order valence-electron chi connectivity index (χ1n) is 6.75. The maximum Gasteiger partial charge on any atom is 0.312 e. The Morgan fingerprint density at radius 1 is 1.33 bits per heavy atom. The van der Waals surface area contributed by atoms with Crippen molar-refractivity contribution in [2.75, 3.05) is 6.61 Å². The average molecular weight is 253 g/mol. The van der Waals surface area contributed by atoms with E-state index in [1.165, 1.54) is 0 Å². The molecule has 104 valence electrons. The van der Waals surface area contributed by atoms with Gasteiger partial charge in [-0.05, 0) is 31.1 Å². The van der Waals surface area contributed by atoms with E-state index in [2.05, 4.69) is 34.6 Å². The molecule has 1 atom stereocenters. The Labute approximate surface area is 112 Å². The Hall–Kier alpha value is -1.04. The molecule has 0 aromatic rings. The largest absolute Gasteiger partial charge is 0.464 e. The summed E-state index contributed by atoms with van der Waals surface area (Å²) < 4.78 is 5.28. The summed E-state index contributed by atoms with van der Waals surface area (Å²) in [6.45, 7) is 12.7. The molecule has 0 aliphatic carbocycles. The van der Waals surface area contributed by atoms with Crippen molar-refractivity contribution in [1.29, 1.82) is 5.26 Å². The van der Waals surface area contributed by atoms with E-state index >= 15 is 0 Å². The third kappa shape index (κ3) is 4.01. The highest BCUT2D eigenvalue weighted by molar-refractivity contribution is 5.77. The number of nitrogens with zero attached hydrogens (tertiary/aromatic N) is 1. The van der Waals surface area contributed by atoms with E-state index in [9.17, 15) is 4.79 Å². The van der Waals surface area contributed by atoms with Crippen molar-refractivity contribution in [3.05, 3.63) is 0 Å². The summed E-state index contributed by atoms with van der Waals surface area (Å²) in [5, 5.41) is 8.49. The Morgan fingerprint density at radius 3 is 2.28 bits per heavy atom. The number of ether oxygens (including phenoxy) is 1. The highest BCUT2D eigenvalue weighted by Crippen LogP contribution is 2.46. The lowest BCUT2D eigenvalue weighted by Crippen LogP contribution is -2.44. The molecule has 0 aromatic carbocycles. The van der Waals surface area contributed by atoms with Crippen LogP contribution in [0, 0.1) is 28.1 Å². The van der Waals surface area contributed by atoms with Crippen LogP contribution in [0.1, 0.15) is 60.8 Å². The van der Waals surface area contributed by atoms with Gasteiger partial charge in [-0.25, -0.2) is 0 Å². The molecule has 0 aliphatic rings. The van der Waals surface area contributed by atoms with E-state index in [4.69, 9.17) is 10.00 Å². The Bertz CT molecular complexity index is 315. The van der Waals surface area contributed by atoms with Gasteiger partial charge in [-0.3, -0.25) is 4.79 Å². The summed E-state index contributed by atoms with van der Waals surface area (Å²) in [5.74, 6) is 0.266. The molecule has 0 spiro atoms. The van der Waals surface area contributed by atoms with Crippen LogP contribution in [0.4, 0.5) is 0 Å². The predicted molar refractivity (Wildman–Crippen MR) is 72.8 cm³/mol. The van der Waals surface area contributed by atoms with Crippen molar-refractivity contribution in [3.63, 3.8) is 0 Å². The molecule has 0 bridgehead atoms. The molecular formula is C15H27NO2. The Kier molecular flexibility index (Phi) is 6.38. The van der Waals surface area contributed by atoms with Crippen LogP contribution < -0.4 is 0 Å². The molecule has 0 N–H and O–H groups in total. The molecule has 0 aromatic heterocycles. The monoisotopic (exact) mass is 253 g/mol. The van der Waals surface area contributed by atoms with Crippen molar-refractivity contribution in [1.82, 2.24) is 0 Å². The molecule has 0 radical (unpaired) electrons. The highest BCUT2D eigenvalue weighted by Gasteiger charge is 2.47. The smallest absolute Gasteiger partial charge is 0.312 e. The first-order valence-corrected chi connectivity index (χ1v) is 6.75. The van der Waals surface area contributed by atoms with Crippen LogP contribution >= 0.6 is 0 Å². The lowest BCUT2D eigenvalue weighted by Gasteiger charge is -2.42. The number of hydrogen-bond acceptors (Lipinski definition) is 3. The summed E-state index contributed by atoms with van der Waals surface area (Å²) in [5.41, 5.74) is -0.605. The molecule has 0 fully saturated rings. The van der Waals surface area contributed by atoms with Gasteiger partial charge in [-0.2, -0.15) is 5.26 Å². The molecule has 0 amide bonds. The molecular weight excluding hydrogens is 226 g/mol. The quantitative estimate of drug-likeness (QED) is 0.510. The fourth-order valence-electron chi connectivity index (χ4n) is 2.19. The zero-order valence-corrected chi connectivity index (χ0v) is 12.7. The van der Waals surface area contributed by atoms with Gasteiger partial charge in [0.2, 0.25) is 0 Å². The summed E-state index contributed by atoms with van der Waals surface area (Å²) in [6, 6.07) is 1.99. The van der Waals surface area contributed by atoms with Crippen molar-refractivity contribution < 1.29 is 9.53 Å². The maximum atomic E-state index is 12.3. The minimum atomic E-state index is -0.495. The van der Waals surface area contributed by atoms with Crippen LogP contribution in [-0.4, -0.2) is 12.6 Å². The Balaban J connectivity index is 4.98. The second-order valence-corrected chi connectivity index (χ2v) is 6.21. The molecule has 0 rings (SSSR count). The predicted octanol–water partition coefficient (Wildman–Crippen LogP) is 3.93. The maximum absolute atomic E-state index is 12.3. The van der Waals surface area contributed by atoms with Crippen molar-refractivity contribution >= 4 is 5.97 Å². The first kappa shape index (κ1) is 17.0. The van der Waals surface area contributed by atoms with E-state index < -0.39 is 5.41 Å². The van der Waals surface area contributed by atoms with Gasteiger partial charge >= 0.3 is 5.97 Å². The molecule has 0 aliphatic heterocycles. The van der Waals surface area contributed by atoms with Gasteiger partial charge in [0.25, 0.3) is 0 Å². The molecule has 0 saturated carbocycles. The van der Waals surface area contributed by atoms with E-state index in [0.29, 0.717) is 5.92 Å². The van der Waals surface area contributed by atoms with Gasteiger partial charge in [-0.1, -0.05) is 34.6 Å². The fraction of sp³-hybridized carbons (Fsp3) is 0.867. The molecule has 3 heteroatoms. The minimum absolute atomic E-state index is 0.110. The van der Waals surface area contributed by atoms with Crippen LogP contribution in [-0.2, 0) is 9.53 Å². The number of rotatable bonds is 7. The molecule has 3 nitrogen and oxygen atoms in total. The van der Waals surface area contributed by atoms with Crippen LogP contribution in [0.25, 0.3) is 0 Å². The van der Waals surface area contributed by atoms with Gasteiger partial charge in [0.05, 0.1) is 17.9 Å². The molecule has 0 saturated heterocycles. The van der Waals surface area contributed by atoms with E-state index in [-0.39, 0.29) is 24.4 Å². The summed E-state index contributed by atoms with van der Waals surface area (Å²) in [7, 11) is 0. The molecule has 0 heterocycles. The van der Waals surface area contributed by atoms with Crippen molar-refractivity contribution in [2.45, 2.75) is 60.8 Å². The zero-order chi connectivity index (χ0) is 14.4.